The zero-order valence-electron chi connectivity index (χ0n) is 26.8. The monoisotopic (exact) mass is 632 g/mol. The molecule has 4 heteroatoms. The maximum absolute atomic E-state index is 2.36. The predicted molar refractivity (Wildman–Crippen MR) is 176 cm³/mol. The molecule has 0 aliphatic heterocycles. The van der Waals surface area contributed by atoms with Gasteiger partial charge in [0.1, 0.15) is 13.1 Å². The normalized spacial score (nSPS) is 10.6. The van der Waals surface area contributed by atoms with E-state index in [1.165, 1.54) is 125 Å². The molecule has 0 aliphatic rings. The van der Waals surface area contributed by atoms with E-state index in [0.717, 1.165) is 13.1 Å². The number of aryl methyl sites for hydroxylation is 6. The molecule has 0 radical (unpaired) electrons. The van der Waals surface area contributed by atoms with Crippen LogP contribution in [0.1, 0.15) is 99.3 Å². The highest BCUT2D eigenvalue weighted by Crippen LogP contribution is 2.12. The maximum atomic E-state index is 2.36. The minimum atomic E-state index is 0. The molecule has 238 valence electrons. The van der Waals surface area contributed by atoms with Crippen LogP contribution in [0.5, 0.6) is 0 Å². The summed E-state index contributed by atoms with van der Waals surface area (Å²) in [5.41, 5.74) is 5.81. The third-order valence-corrected chi connectivity index (χ3v) is 8.55. The van der Waals surface area contributed by atoms with E-state index in [-0.39, 0.29) is 24.8 Å². The number of benzene rings is 2. The van der Waals surface area contributed by atoms with E-state index in [1.807, 2.05) is 0 Å². The number of halogens is 2. The quantitative estimate of drug-likeness (QED) is 0.0985. The summed E-state index contributed by atoms with van der Waals surface area (Å²) in [5, 5.41) is 0. The lowest BCUT2D eigenvalue weighted by Gasteiger charge is -2.04. The largest absolute Gasteiger partial charge is 1.00 e. The molecule has 0 bridgehead atoms. The number of nitrogens with zero attached hydrogens (tertiary/aromatic N) is 2. The van der Waals surface area contributed by atoms with Crippen molar-refractivity contribution in [1.82, 2.24) is 0 Å². The minimum Gasteiger partial charge on any atom is -1.00 e. The van der Waals surface area contributed by atoms with Crippen molar-refractivity contribution in [3.63, 3.8) is 0 Å². The summed E-state index contributed by atoms with van der Waals surface area (Å²) in [6.07, 6.45) is 29.9. The summed E-state index contributed by atoms with van der Waals surface area (Å²) in [6, 6.07) is 30.9. The van der Waals surface area contributed by atoms with Gasteiger partial charge in [-0.1, -0.05) is 99.2 Å². The molecule has 0 saturated carbocycles. The SMILES string of the molecule is [Cl-].[Cl-].c1ccc(CCCc2cc[n+](CCCCCCCCCCCC[n+]3ccc(CCCc4ccccc4)cc3)cc2)cc1. The van der Waals surface area contributed by atoms with E-state index in [1.54, 1.807) is 0 Å². The second-order valence-corrected chi connectivity index (χ2v) is 12.1. The zero-order chi connectivity index (χ0) is 28.9. The summed E-state index contributed by atoms with van der Waals surface area (Å²) >= 11 is 0. The average Bonchev–Trinajstić information content (AvgIpc) is 3.04. The van der Waals surface area contributed by atoms with Crippen LogP contribution in [-0.4, -0.2) is 0 Å². The van der Waals surface area contributed by atoms with Gasteiger partial charge in [-0.2, -0.15) is 0 Å². The summed E-state index contributed by atoms with van der Waals surface area (Å²) < 4.78 is 4.72. The molecule has 2 aromatic carbocycles. The first-order valence-electron chi connectivity index (χ1n) is 16.9. The fourth-order valence-electron chi connectivity index (χ4n) is 5.89. The van der Waals surface area contributed by atoms with Gasteiger partial charge in [-0.25, -0.2) is 9.13 Å². The van der Waals surface area contributed by atoms with Crippen LogP contribution < -0.4 is 33.9 Å². The highest BCUT2D eigenvalue weighted by molar-refractivity contribution is 5.16. The Bertz CT molecular complexity index is 1110. The van der Waals surface area contributed by atoms with E-state index in [0.29, 0.717) is 0 Å². The van der Waals surface area contributed by atoms with Gasteiger partial charge in [0.15, 0.2) is 24.8 Å². The van der Waals surface area contributed by atoms with Crippen molar-refractivity contribution < 1.29 is 33.9 Å². The zero-order valence-corrected chi connectivity index (χ0v) is 28.3. The third-order valence-electron chi connectivity index (χ3n) is 8.55. The fourth-order valence-corrected chi connectivity index (χ4v) is 5.89. The van der Waals surface area contributed by atoms with Crippen LogP contribution >= 0.6 is 0 Å². The van der Waals surface area contributed by atoms with Gasteiger partial charge < -0.3 is 24.8 Å². The van der Waals surface area contributed by atoms with Crippen LogP contribution in [0.3, 0.4) is 0 Å². The van der Waals surface area contributed by atoms with Crippen molar-refractivity contribution in [2.24, 2.45) is 0 Å². The van der Waals surface area contributed by atoms with Gasteiger partial charge in [0.2, 0.25) is 0 Å². The number of aromatic nitrogens is 2. The second kappa shape index (κ2) is 23.7. The number of hydrogen-bond acceptors (Lipinski definition) is 0. The molecular weight excluding hydrogens is 579 g/mol. The Kier molecular flexibility index (Phi) is 20.2. The van der Waals surface area contributed by atoms with Gasteiger partial charge in [0.05, 0.1) is 0 Å². The van der Waals surface area contributed by atoms with Crippen molar-refractivity contribution in [3.05, 3.63) is 132 Å². The van der Waals surface area contributed by atoms with E-state index in [9.17, 15) is 0 Å². The fraction of sp³-hybridized carbons (Fsp3) is 0.450. The predicted octanol–water partition coefficient (Wildman–Crippen LogP) is 3.22. The molecule has 4 aromatic rings. The molecule has 0 aliphatic carbocycles. The van der Waals surface area contributed by atoms with Crippen LogP contribution in [0, 0.1) is 0 Å². The van der Waals surface area contributed by atoms with Gasteiger partial charge in [0.25, 0.3) is 0 Å². The Morgan fingerprint density at radius 1 is 0.295 bits per heavy atom. The molecule has 44 heavy (non-hydrogen) atoms. The molecule has 0 amide bonds. The lowest BCUT2D eigenvalue weighted by Crippen LogP contribution is -3.00. The van der Waals surface area contributed by atoms with Gasteiger partial charge in [0, 0.05) is 37.1 Å². The van der Waals surface area contributed by atoms with Crippen LogP contribution in [0.2, 0.25) is 0 Å². The molecule has 0 N–H and O–H groups in total. The molecule has 0 spiro atoms. The Balaban J connectivity index is 0.00000337. The van der Waals surface area contributed by atoms with Crippen molar-refractivity contribution in [2.45, 2.75) is 116 Å². The lowest BCUT2D eigenvalue weighted by atomic mass is 10.0. The number of hydrogen-bond donors (Lipinski definition) is 0. The van der Waals surface area contributed by atoms with E-state index >= 15 is 0 Å². The van der Waals surface area contributed by atoms with Gasteiger partial charge >= 0.3 is 0 Å². The van der Waals surface area contributed by atoms with Gasteiger partial charge in [-0.05, 0) is 73.6 Å². The number of rotatable bonds is 21. The Morgan fingerprint density at radius 2 is 0.568 bits per heavy atom. The highest BCUT2D eigenvalue weighted by Gasteiger charge is 2.04. The molecule has 0 unspecified atom stereocenters. The second-order valence-electron chi connectivity index (χ2n) is 12.1. The topological polar surface area (TPSA) is 7.76 Å². The average molecular weight is 634 g/mol. The van der Waals surface area contributed by atoms with Crippen molar-refractivity contribution in [1.29, 1.82) is 0 Å². The van der Waals surface area contributed by atoms with E-state index in [2.05, 4.69) is 119 Å². The van der Waals surface area contributed by atoms with Gasteiger partial charge in [-0.15, -0.1) is 0 Å². The lowest BCUT2D eigenvalue weighted by molar-refractivity contribution is -0.697. The van der Waals surface area contributed by atoms with Crippen molar-refractivity contribution in [3.8, 4) is 0 Å². The number of pyridine rings is 2. The maximum Gasteiger partial charge on any atom is 0.169 e. The summed E-state index contributed by atoms with van der Waals surface area (Å²) in [7, 11) is 0. The Hall–Kier alpha value is -2.68. The van der Waals surface area contributed by atoms with E-state index < -0.39 is 0 Å². The molecule has 2 nitrogen and oxygen atoms in total. The standard InChI is InChI=1S/C40H54N2.2ClH/c1(3-5-7-15-31-41-33-27-39(28-34-41)25-17-23-37-19-11-9-12-20-37)2-4-6-8-16-32-42-35-29-40(30-36-42)26-18-24-38-21-13-10-14-22-38;;/h9-14,19-22,27-30,33-36H,1-8,15-18,23-26,31-32H2;2*1H/q+2;;/p-2. The molecule has 0 atom stereocenters. The first-order valence-corrected chi connectivity index (χ1v) is 16.9. The van der Waals surface area contributed by atoms with Gasteiger partial charge in [-0.3, -0.25) is 0 Å². The summed E-state index contributed by atoms with van der Waals surface area (Å²) in [6.45, 7) is 2.30. The van der Waals surface area contributed by atoms with Crippen LogP contribution in [0.25, 0.3) is 0 Å². The Morgan fingerprint density at radius 3 is 0.886 bits per heavy atom. The Labute approximate surface area is 280 Å². The molecule has 0 saturated heterocycles. The molecule has 0 fully saturated rings. The van der Waals surface area contributed by atoms with Crippen molar-refractivity contribution in [2.75, 3.05) is 0 Å². The molecule has 4 rings (SSSR count). The van der Waals surface area contributed by atoms with E-state index in [4.69, 9.17) is 0 Å². The van der Waals surface area contributed by atoms with Crippen molar-refractivity contribution >= 4 is 0 Å². The number of unbranched alkanes of at least 4 members (excludes halogenated alkanes) is 9. The van der Waals surface area contributed by atoms with Crippen LogP contribution in [-0.2, 0) is 38.8 Å². The third kappa shape index (κ3) is 15.9. The molecule has 2 aromatic heterocycles. The first-order chi connectivity index (χ1) is 20.8. The van der Waals surface area contributed by atoms with Crippen LogP contribution in [0.4, 0.5) is 0 Å². The summed E-state index contributed by atoms with van der Waals surface area (Å²) in [4.78, 5) is 0. The smallest absolute Gasteiger partial charge is 0.169 e. The highest BCUT2D eigenvalue weighted by atomic mass is 35.5. The molecular formula is C40H54Cl2N2. The molecule has 2 heterocycles. The minimum absolute atomic E-state index is 0. The summed E-state index contributed by atoms with van der Waals surface area (Å²) in [5.74, 6) is 0. The van der Waals surface area contributed by atoms with Crippen LogP contribution in [0.15, 0.2) is 110 Å². The first kappa shape index (κ1) is 37.5.